The molecule has 0 atom stereocenters. The van der Waals surface area contributed by atoms with Gasteiger partial charge in [0.1, 0.15) is 5.82 Å². The predicted octanol–water partition coefficient (Wildman–Crippen LogP) is 3.26. The fraction of sp³-hybridized carbons (Fsp3) is 0.350. The summed E-state index contributed by atoms with van der Waals surface area (Å²) in [7, 11) is 0. The van der Waals surface area contributed by atoms with Crippen LogP contribution >= 0.6 is 11.8 Å². The first-order valence-electron chi connectivity index (χ1n) is 9.55. The zero-order valence-electron chi connectivity index (χ0n) is 16.3. The van der Waals surface area contributed by atoms with Crippen LogP contribution in [0.4, 0.5) is 25.1 Å². The molecular weight excluding hydrogens is 412 g/mol. The molecule has 3 amide bonds. The van der Waals surface area contributed by atoms with Crippen molar-refractivity contribution in [1.29, 1.82) is 0 Å². The van der Waals surface area contributed by atoms with Gasteiger partial charge < -0.3 is 20.4 Å². The van der Waals surface area contributed by atoms with Gasteiger partial charge >= 0.3 is 6.03 Å². The van der Waals surface area contributed by atoms with E-state index >= 15 is 0 Å². The van der Waals surface area contributed by atoms with Gasteiger partial charge in [-0.2, -0.15) is 8.78 Å². The first kappa shape index (κ1) is 21.8. The second-order valence-corrected chi connectivity index (χ2v) is 7.59. The highest BCUT2D eigenvalue weighted by molar-refractivity contribution is 7.99. The van der Waals surface area contributed by atoms with Crippen molar-refractivity contribution in [2.24, 2.45) is 0 Å². The van der Waals surface area contributed by atoms with Gasteiger partial charge in [-0.25, -0.2) is 9.78 Å². The molecule has 7 nitrogen and oxygen atoms in total. The van der Waals surface area contributed by atoms with Gasteiger partial charge in [0.2, 0.25) is 5.91 Å². The van der Waals surface area contributed by atoms with Crippen molar-refractivity contribution in [3.05, 3.63) is 48.7 Å². The number of carbonyl (C=O) groups excluding carboxylic acids is 2. The normalized spacial score (nSPS) is 14.0. The Kier molecular flexibility index (Phi) is 7.83. The van der Waals surface area contributed by atoms with E-state index in [1.807, 2.05) is 18.2 Å². The molecule has 160 valence electrons. The lowest BCUT2D eigenvalue weighted by atomic mass is 10.2. The predicted molar refractivity (Wildman–Crippen MR) is 113 cm³/mol. The maximum absolute atomic E-state index is 12.6. The maximum atomic E-state index is 12.6. The van der Waals surface area contributed by atoms with Crippen molar-refractivity contribution >= 4 is 35.2 Å². The van der Waals surface area contributed by atoms with Crippen molar-refractivity contribution in [3.63, 3.8) is 0 Å². The molecule has 0 saturated carbocycles. The summed E-state index contributed by atoms with van der Waals surface area (Å²) in [6.45, 7) is 2.76. The van der Waals surface area contributed by atoms with Gasteiger partial charge in [-0.1, -0.05) is 30.0 Å². The summed E-state index contributed by atoms with van der Waals surface area (Å²) in [4.78, 5) is 32.9. The van der Waals surface area contributed by atoms with E-state index in [4.69, 9.17) is 0 Å². The van der Waals surface area contributed by atoms with Crippen molar-refractivity contribution in [1.82, 2.24) is 15.2 Å². The number of pyridine rings is 1. The SMILES string of the molecule is O=C(NCCC(=O)N1CCN(c2ccccn2)CC1)Nc1ccccc1SC(F)F. The Morgan fingerprint density at radius 2 is 1.80 bits per heavy atom. The van der Waals surface area contributed by atoms with Crippen molar-refractivity contribution in [3.8, 4) is 0 Å². The van der Waals surface area contributed by atoms with Gasteiger partial charge in [-0.3, -0.25) is 4.79 Å². The minimum Gasteiger partial charge on any atom is -0.353 e. The average Bonchev–Trinajstić information content (AvgIpc) is 2.75. The lowest BCUT2D eigenvalue weighted by molar-refractivity contribution is -0.131. The molecule has 0 bridgehead atoms. The van der Waals surface area contributed by atoms with Crippen molar-refractivity contribution in [2.75, 3.05) is 42.9 Å². The Hall–Kier alpha value is -2.88. The van der Waals surface area contributed by atoms with Crippen LogP contribution in [0.1, 0.15) is 6.42 Å². The van der Waals surface area contributed by atoms with Crippen LogP contribution in [0.3, 0.4) is 0 Å². The van der Waals surface area contributed by atoms with Gasteiger partial charge in [0.05, 0.1) is 5.69 Å². The average molecular weight is 436 g/mol. The molecule has 1 aliphatic heterocycles. The fourth-order valence-corrected chi connectivity index (χ4v) is 3.70. The number of nitrogens with one attached hydrogen (secondary N) is 2. The van der Waals surface area contributed by atoms with E-state index in [9.17, 15) is 18.4 Å². The first-order valence-corrected chi connectivity index (χ1v) is 10.4. The largest absolute Gasteiger partial charge is 0.353 e. The van der Waals surface area contributed by atoms with Crippen LogP contribution in [0.5, 0.6) is 0 Å². The molecule has 2 heterocycles. The number of alkyl halides is 2. The number of halogens is 2. The van der Waals surface area contributed by atoms with Crippen LogP contribution in [0.15, 0.2) is 53.6 Å². The number of carbonyl (C=O) groups is 2. The molecule has 0 aliphatic carbocycles. The van der Waals surface area contributed by atoms with Gasteiger partial charge in [0, 0.05) is 50.2 Å². The molecule has 1 saturated heterocycles. The summed E-state index contributed by atoms with van der Waals surface area (Å²) in [5, 5.41) is 5.15. The molecule has 1 aliphatic rings. The number of para-hydroxylation sites is 1. The second kappa shape index (κ2) is 10.8. The number of hydrogen-bond donors (Lipinski definition) is 2. The number of thioether (sulfide) groups is 1. The third-order valence-electron chi connectivity index (χ3n) is 4.58. The third kappa shape index (κ3) is 6.31. The minimum absolute atomic E-state index is 0.0374. The smallest absolute Gasteiger partial charge is 0.319 e. The van der Waals surface area contributed by atoms with Gasteiger partial charge in [0.15, 0.2) is 0 Å². The lowest BCUT2D eigenvalue weighted by Crippen LogP contribution is -2.49. The number of benzene rings is 1. The van der Waals surface area contributed by atoms with Crippen LogP contribution in [0.2, 0.25) is 0 Å². The fourth-order valence-electron chi connectivity index (χ4n) is 3.10. The number of hydrogen-bond acceptors (Lipinski definition) is 5. The summed E-state index contributed by atoms with van der Waals surface area (Å²) in [6, 6.07) is 11.5. The molecule has 1 fully saturated rings. The Morgan fingerprint density at radius 1 is 1.07 bits per heavy atom. The van der Waals surface area contributed by atoms with Crippen LogP contribution in [-0.4, -0.2) is 60.3 Å². The topological polar surface area (TPSA) is 77.6 Å². The molecule has 2 N–H and O–H groups in total. The molecule has 0 spiro atoms. The highest BCUT2D eigenvalue weighted by atomic mass is 32.2. The van der Waals surface area contributed by atoms with Crippen molar-refractivity contribution in [2.45, 2.75) is 17.1 Å². The summed E-state index contributed by atoms with van der Waals surface area (Å²) in [5.41, 5.74) is 0.303. The van der Waals surface area contributed by atoms with E-state index in [1.165, 1.54) is 6.07 Å². The number of piperazine rings is 1. The number of amides is 3. The highest BCUT2D eigenvalue weighted by Crippen LogP contribution is 2.31. The molecule has 30 heavy (non-hydrogen) atoms. The Morgan fingerprint density at radius 3 is 2.50 bits per heavy atom. The molecule has 0 unspecified atom stereocenters. The van der Waals surface area contributed by atoms with E-state index < -0.39 is 11.8 Å². The highest BCUT2D eigenvalue weighted by Gasteiger charge is 2.21. The third-order valence-corrected chi connectivity index (χ3v) is 5.37. The zero-order valence-corrected chi connectivity index (χ0v) is 17.1. The minimum atomic E-state index is -2.58. The van der Waals surface area contributed by atoms with E-state index in [1.54, 1.807) is 29.3 Å². The quantitative estimate of drug-likeness (QED) is 0.653. The standard InChI is InChI=1S/C20H23F2N5O2S/c21-19(22)30-16-6-2-1-5-15(16)25-20(29)24-10-8-18(28)27-13-11-26(12-14-27)17-7-3-4-9-23-17/h1-7,9,19H,8,10-14H2,(H2,24,25,29). The Balaban J connectivity index is 1.39. The van der Waals surface area contributed by atoms with Gasteiger partial charge in [-0.05, 0) is 24.3 Å². The summed E-state index contributed by atoms with van der Waals surface area (Å²) >= 11 is 0.368. The van der Waals surface area contributed by atoms with Crippen LogP contribution in [0.25, 0.3) is 0 Å². The summed E-state index contributed by atoms with van der Waals surface area (Å²) in [6.07, 6.45) is 1.92. The molecule has 2 aromatic rings. The van der Waals surface area contributed by atoms with E-state index in [2.05, 4.69) is 20.5 Å². The Bertz CT molecular complexity index is 848. The molecule has 10 heteroatoms. The molecule has 1 aromatic heterocycles. The van der Waals surface area contributed by atoms with E-state index in [0.717, 1.165) is 5.82 Å². The van der Waals surface area contributed by atoms with Gasteiger partial charge in [0.25, 0.3) is 5.76 Å². The maximum Gasteiger partial charge on any atom is 0.319 e. The van der Waals surface area contributed by atoms with E-state index in [-0.39, 0.29) is 23.8 Å². The molecule has 3 rings (SSSR count). The Labute approximate surface area is 177 Å². The zero-order chi connectivity index (χ0) is 21.3. The monoisotopic (exact) mass is 435 g/mol. The van der Waals surface area contributed by atoms with Crippen LogP contribution in [-0.2, 0) is 4.79 Å². The number of nitrogens with zero attached hydrogens (tertiary/aromatic N) is 3. The second-order valence-electron chi connectivity index (χ2n) is 6.56. The van der Waals surface area contributed by atoms with Gasteiger partial charge in [-0.15, -0.1) is 0 Å². The molecule has 0 radical (unpaired) electrons. The van der Waals surface area contributed by atoms with Crippen molar-refractivity contribution < 1.29 is 18.4 Å². The van der Waals surface area contributed by atoms with Crippen LogP contribution in [0, 0.1) is 0 Å². The van der Waals surface area contributed by atoms with E-state index in [0.29, 0.717) is 43.6 Å². The first-order chi connectivity index (χ1) is 14.5. The molecular formula is C20H23F2N5O2S. The number of rotatable bonds is 7. The van der Waals surface area contributed by atoms with Crippen LogP contribution < -0.4 is 15.5 Å². The summed E-state index contributed by atoms with van der Waals surface area (Å²) < 4.78 is 25.2. The summed E-state index contributed by atoms with van der Waals surface area (Å²) in [5.74, 6) is -1.72. The number of urea groups is 1. The lowest BCUT2D eigenvalue weighted by Gasteiger charge is -2.35. The number of aromatic nitrogens is 1. The molecule has 1 aromatic carbocycles. The number of anilines is 2.